The van der Waals surface area contributed by atoms with Gasteiger partial charge in [0.25, 0.3) is 5.91 Å². The highest BCUT2D eigenvalue weighted by Crippen LogP contribution is 2.13. The number of ether oxygens (including phenoxy) is 1. The summed E-state index contributed by atoms with van der Waals surface area (Å²) in [4.78, 5) is 13.8. The minimum absolute atomic E-state index is 0.0204. The van der Waals surface area contributed by atoms with Crippen LogP contribution >= 0.6 is 0 Å². The molecule has 4 heteroatoms. The highest BCUT2D eigenvalue weighted by atomic mass is 16.5. The first-order chi connectivity index (χ1) is 9.19. The van der Waals surface area contributed by atoms with Crippen molar-refractivity contribution < 1.29 is 14.6 Å². The Morgan fingerprint density at radius 3 is 2.47 bits per heavy atom. The first-order valence-electron chi connectivity index (χ1n) is 6.78. The van der Waals surface area contributed by atoms with E-state index in [2.05, 4.69) is 0 Å². The molecule has 0 saturated heterocycles. The second-order valence-electron chi connectivity index (χ2n) is 4.47. The average Bonchev–Trinajstić information content (AvgIpc) is 2.44. The van der Waals surface area contributed by atoms with E-state index in [-0.39, 0.29) is 12.5 Å². The molecule has 19 heavy (non-hydrogen) atoms. The van der Waals surface area contributed by atoms with Crippen LogP contribution in [-0.4, -0.2) is 42.7 Å². The molecule has 1 rings (SSSR count). The number of rotatable bonds is 8. The lowest BCUT2D eigenvalue weighted by Crippen LogP contribution is -2.27. The molecule has 4 nitrogen and oxygen atoms in total. The number of hydrogen-bond acceptors (Lipinski definition) is 3. The van der Waals surface area contributed by atoms with Gasteiger partial charge in [0.2, 0.25) is 0 Å². The second-order valence-corrected chi connectivity index (χ2v) is 4.47. The van der Waals surface area contributed by atoms with Crippen LogP contribution in [0.1, 0.15) is 36.5 Å². The quantitative estimate of drug-likeness (QED) is 0.734. The number of aliphatic hydroxyl groups excluding tert-OH is 1. The van der Waals surface area contributed by atoms with Crippen LogP contribution in [-0.2, 0) is 0 Å². The fourth-order valence-electron chi connectivity index (χ4n) is 1.82. The van der Waals surface area contributed by atoms with E-state index in [0.29, 0.717) is 18.7 Å². The van der Waals surface area contributed by atoms with Gasteiger partial charge in [0.15, 0.2) is 0 Å². The van der Waals surface area contributed by atoms with Crippen molar-refractivity contribution in [2.45, 2.75) is 26.2 Å². The van der Waals surface area contributed by atoms with Gasteiger partial charge in [-0.2, -0.15) is 0 Å². The lowest BCUT2D eigenvalue weighted by Gasteiger charge is -2.17. The lowest BCUT2D eigenvalue weighted by atomic mass is 10.2. The maximum absolute atomic E-state index is 12.1. The van der Waals surface area contributed by atoms with E-state index in [4.69, 9.17) is 9.84 Å². The van der Waals surface area contributed by atoms with Gasteiger partial charge in [-0.15, -0.1) is 0 Å². The number of nitrogens with zero attached hydrogens (tertiary/aromatic N) is 1. The van der Waals surface area contributed by atoms with Gasteiger partial charge in [-0.25, -0.2) is 0 Å². The Labute approximate surface area is 115 Å². The fourth-order valence-corrected chi connectivity index (χ4v) is 1.82. The van der Waals surface area contributed by atoms with Crippen LogP contribution < -0.4 is 4.74 Å². The molecule has 1 aromatic rings. The second kappa shape index (κ2) is 8.53. The summed E-state index contributed by atoms with van der Waals surface area (Å²) in [5, 5.41) is 8.70. The largest absolute Gasteiger partial charge is 0.494 e. The summed E-state index contributed by atoms with van der Waals surface area (Å²) in [6.45, 7) is 3.49. The van der Waals surface area contributed by atoms with Gasteiger partial charge in [0.1, 0.15) is 5.75 Å². The normalized spacial score (nSPS) is 10.3. The number of carbonyl (C=O) groups excluding carboxylic acids is 1. The van der Waals surface area contributed by atoms with Crippen LogP contribution in [0.5, 0.6) is 5.75 Å². The molecule has 0 spiro atoms. The Hall–Kier alpha value is -1.55. The van der Waals surface area contributed by atoms with Gasteiger partial charge in [-0.3, -0.25) is 4.79 Å². The molecular formula is C15H23NO3. The number of amides is 1. The van der Waals surface area contributed by atoms with Crippen molar-refractivity contribution in [3.8, 4) is 5.75 Å². The third-order valence-corrected chi connectivity index (χ3v) is 2.91. The Morgan fingerprint density at radius 2 is 1.89 bits per heavy atom. The monoisotopic (exact) mass is 265 g/mol. The molecule has 0 aliphatic heterocycles. The van der Waals surface area contributed by atoms with E-state index in [0.717, 1.165) is 25.0 Å². The summed E-state index contributed by atoms with van der Waals surface area (Å²) in [6, 6.07) is 7.21. The van der Waals surface area contributed by atoms with Crippen molar-refractivity contribution in [1.82, 2.24) is 4.90 Å². The van der Waals surface area contributed by atoms with Crippen molar-refractivity contribution in [2.75, 3.05) is 26.8 Å². The van der Waals surface area contributed by atoms with Crippen LogP contribution in [0.15, 0.2) is 24.3 Å². The molecule has 0 atom stereocenters. The first kappa shape index (κ1) is 15.5. The van der Waals surface area contributed by atoms with Crippen molar-refractivity contribution in [3.63, 3.8) is 0 Å². The molecule has 1 aromatic carbocycles. The van der Waals surface area contributed by atoms with Crippen molar-refractivity contribution >= 4 is 5.91 Å². The van der Waals surface area contributed by atoms with E-state index >= 15 is 0 Å². The molecule has 0 fully saturated rings. The molecule has 0 aliphatic carbocycles. The smallest absolute Gasteiger partial charge is 0.253 e. The maximum Gasteiger partial charge on any atom is 0.253 e. The van der Waals surface area contributed by atoms with Crippen LogP contribution in [0.2, 0.25) is 0 Å². The lowest BCUT2D eigenvalue weighted by molar-refractivity contribution is 0.0792. The average molecular weight is 265 g/mol. The third-order valence-electron chi connectivity index (χ3n) is 2.91. The molecule has 0 unspecified atom stereocenters. The van der Waals surface area contributed by atoms with Gasteiger partial charge in [0, 0.05) is 25.8 Å². The predicted octanol–water partition coefficient (Wildman–Crippen LogP) is 2.32. The van der Waals surface area contributed by atoms with Gasteiger partial charge >= 0.3 is 0 Å². The Balaban J connectivity index is 2.47. The first-order valence-corrected chi connectivity index (χ1v) is 6.78. The summed E-state index contributed by atoms with van der Waals surface area (Å²) >= 11 is 0. The maximum atomic E-state index is 12.1. The molecular weight excluding hydrogens is 242 g/mol. The standard InChI is InChI=1S/C15H23NO3/c1-3-19-14-9-7-13(8-10-14)15(18)16(2)11-5-4-6-12-17/h7-10,17H,3-6,11-12H2,1-2H3. The Bertz CT molecular complexity index is 375. The molecule has 0 aromatic heterocycles. The molecule has 1 N–H and O–H groups in total. The zero-order chi connectivity index (χ0) is 14.1. The van der Waals surface area contributed by atoms with Crippen molar-refractivity contribution in [2.24, 2.45) is 0 Å². The SMILES string of the molecule is CCOc1ccc(C(=O)N(C)CCCCCO)cc1. The molecule has 0 bridgehead atoms. The molecule has 0 aliphatic rings. The van der Waals surface area contributed by atoms with E-state index in [9.17, 15) is 4.79 Å². The van der Waals surface area contributed by atoms with Crippen molar-refractivity contribution in [3.05, 3.63) is 29.8 Å². The van der Waals surface area contributed by atoms with Gasteiger partial charge in [0.05, 0.1) is 6.61 Å². The zero-order valence-corrected chi connectivity index (χ0v) is 11.8. The Morgan fingerprint density at radius 1 is 1.21 bits per heavy atom. The molecule has 0 radical (unpaired) electrons. The number of unbranched alkanes of at least 4 members (excludes halogenated alkanes) is 2. The van der Waals surface area contributed by atoms with Gasteiger partial charge in [-0.05, 0) is 50.5 Å². The minimum Gasteiger partial charge on any atom is -0.494 e. The highest BCUT2D eigenvalue weighted by molar-refractivity contribution is 5.94. The number of hydrogen-bond donors (Lipinski definition) is 1. The minimum atomic E-state index is 0.0204. The van der Waals surface area contributed by atoms with E-state index < -0.39 is 0 Å². The molecule has 106 valence electrons. The fraction of sp³-hybridized carbons (Fsp3) is 0.533. The Kier molecular flexibility index (Phi) is 6.97. The third kappa shape index (κ3) is 5.30. The summed E-state index contributed by atoms with van der Waals surface area (Å²) in [5.74, 6) is 0.802. The van der Waals surface area contributed by atoms with Crippen LogP contribution in [0.25, 0.3) is 0 Å². The zero-order valence-electron chi connectivity index (χ0n) is 11.8. The van der Waals surface area contributed by atoms with Crippen LogP contribution in [0.4, 0.5) is 0 Å². The van der Waals surface area contributed by atoms with Gasteiger partial charge < -0.3 is 14.7 Å². The highest BCUT2D eigenvalue weighted by Gasteiger charge is 2.10. The number of carbonyl (C=O) groups is 1. The summed E-state index contributed by atoms with van der Waals surface area (Å²) < 4.78 is 5.34. The topological polar surface area (TPSA) is 49.8 Å². The number of aliphatic hydroxyl groups is 1. The molecule has 0 saturated carbocycles. The number of benzene rings is 1. The van der Waals surface area contributed by atoms with E-state index in [1.807, 2.05) is 19.1 Å². The van der Waals surface area contributed by atoms with E-state index in [1.165, 1.54) is 0 Å². The molecule has 0 heterocycles. The summed E-state index contributed by atoms with van der Waals surface area (Å²) in [6.07, 6.45) is 2.66. The molecule has 1 amide bonds. The van der Waals surface area contributed by atoms with E-state index in [1.54, 1.807) is 24.1 Å². The summed E-state index contributed by atoms with van der Waals surface area (Å²) in [7, 11) is 1.80. The van der Waals surface area contributed by atoms with Crippen LogP contribution in [0, 0.1) is 0 Å². The summed E-state index contributed by atoms with van der Waals surface area (Å²) in [5.41, 5.74) is 0.674. The van der Waals surface area contributed by atoms with Crippen molar-refractivity contribution in [1.29, 1.82) is 0 Å². The van der Waals surface area contributed by atoms with Gasteiger partial charge in [-0.1, -0.05) is 0 Å². The van der Waals surface area contributed by atoms with Crippen LogP contribution in [0.3, 0.4) is 0 Å². The predicted molar refractivity (Wildman–Crippen MR) is 75.5 cm³/mol.